The summed E-state index contributed by atoms with van der Waals surface area (Å²) in [5.74, 6) is 0.761. The van der Waals surface area contributed by atoms with Crippen molar-refractivity contribution < 1.29 is 14.3 Å². The van der Waals surface area contributed by atoms with Crippen LogP contribution in [0, 0.1) is 0 Å². The van der Waals surface area contributed by atoms with Gasteiger partial charge in [-0.15, -0.1) is 0 Å². The molecule has 1 atom stereocenters. The van der Waals surface area contributed by atoms with Crippen LogP contribution in [0.25, 0.3) is 0 Å². The minimum Gasteiger partial charge on any atom is -0.496 e. The van der Waals surface area contributed by atoms with Crippen molar-refractivity contribution in [1.29, 1.82) is 0 Å². The Kier molecular flexibility index (Phi) is 4.48. The molecular formula is C13H12Br2O3. The normalized spacial score (nSPS) is 12.4. The molecule has 0 aliphatic carbocycles. The van der Waals surface area contributed by atoms with Crippen molar-refractivity contribution in [3.8, 4) is 5.75 Å². The molecule has 0 amide bonds. The number of aliphatic hydroxyl groups is 1. The largest absolute Gasteiger partial charge is 0.496 e. The maximum Gasteiger partial charge on any atom is 0.174 e. The summed E-state index contributed by atoms with van der Waals surface area (Å²) in [5.41, 5.74) is 1.67. The topological polar surface area (TPSA) is 42.6 Å². The highest BCUT2D eigenvalue weighted by Gasteiger charge is 2.16. The first-order valence-corrected chi connectivity index (χ1v) is 6.93. The second kappa shape index (κ2) is 5.91. The Morgan fingerprint density at radius 3 is 2.72 bits per heavy atom. The maximum atomic E-state index is 10.2. The number of aliphatic hydroxyl groups excluding tert-OH is 1. The molecule has 1 aromatic heterocycles. The van der Waals surface area contributed by atoms with Gasteiger partial charge in [0.05, 0.1) is 19.5 Å². The first kappa shape index (κ1) is 13.6. The molecule has 1 unspecified atom stereocenters. The SMILES string of the molecule is COc1ccc(Br)cc1CC(O)c1ccoc1Br. The fourth-order valence-electron chi connectivity index (χ4n) is 1.77. The van der Waals surface area contributed by atoms with E-state index in [0.717, 1.165) is 21.3 Å². The van der Waals surface area contributed by atoms with E-state index >= 15 is 0 Å². The maximum absolute atomic E-state index is 10.2. The van der Waals surface area contributed by atoms with E-state index in [9.17, 15) is 5.11 Å². The zero-order chi connectivity index (χ0) is 13.1. The highest BCUT2D eigenvalue weighted by Crippen LogP contribution is 2.31. The van der Waals surface area contributed by atoms with Crippen molar-refractivity contribution in [1.82, 2.24) is 0 Å². The van der Waals surface area contributed by atoms with Crippen molar-refractivity contribution in [2.24, 2.45) is 0 Å². The van der Waals surface area contributed by atoms with Gasteiger partial charge < -0.3 is 14.3 Å². The van der Waals surface area contributed by atoms with Gasteiger partial charge in [0.2, 0.25) is 0 Å². The Bertz CT molecular complexity index is 537. The molecule has 2 rings (SSSR count). The molecule has 0 aliphatic rings. The number of rotatable bonds is 4. The van der Waals surface area contributed by atoms with E-state index in [2.05, 4.69) is 31.9 Å². The van der Waals surface area contributed by atoms with Gasteiger partial charge in [0.15, 0.2) is 4.67 Å². The molecular weight excluding hydrogens is 364 g/mol. The van der Waals surface area contributed by atoms with E-state index in [1.54, 1.807) is 19.4 Å². The molecule has 0 spiro atoms. The monoisotopic (exact) mass is 374 g/mol. The Morgan fingerprint density at radius 1 is 1.33 bits per heavy atom. The average molecular weight is 376 g/mol. The number of hydrogen-bond acceptors (Lipinski definition) is 3. The highest BCUT2D eigenvalue weighted by molar-refractivity contribution is 9.10. The minimum absolute atomic E-state index is 0.459. The van der Waals surface area contributed by atoms with Crippen LogP contribution in [-0.2, 0) is 6.42 Å². The second-order valence-corrected chi connectivity index (χ2v) is 5.46. The summed E-state index contributed by atoms with van der Waals surface area (Å²) in [6, 6.07) is 7.47. The van der Waals surface area contributed by atoms with Crippen LogP contribution in [0.3, 0.4) is 0 Å². The minimum atomic E-state index is -0.638. The van der Waals surface area contributed by atoms with Crippen LogP contribution in [0.15, 0.2) is 44.1 Å². The van der Waals surface area contributed by atoms with E-state index in [1.165, 1.54) is 0 Å². The van der Waals surface area contributed by atoms with Crippen LogP contribution in [0.5, 0.6) is 5.75 Å². The number of furan rings is 1. The summed E-state index contributed by atoms with van der Waals surface area (Å²) < 4.78 is 11.9. The Labute approximate surface area is 122 Å². The van der Waals surface area contributed by atoms with Crippen molar-refractivity contribution in [2.45, 2.75) is 12.5 Å². The average Bonchev–Trinajstić information content (AvgIpc) is 2.76. The Morgan fingerprint density at radius 2 is 2.11 bits per heavy atom. The third-order valence-electron chi connectivity index (χ3n) is 2.66. The van der Waals surface area contributed by atoms with Gasteiger partial charge in [0.25, 0.3) is 0 Å². The molecule has 1 aromatic carbocycles. The van der Waals surface area contributed by atoms with Gasteiger partial charge >= 0.3 is 0 Å². The predicted molar refractivity (Wildman–Crippen MR) is 75.8 cm³/mol. The van der Waals surface area contributed by atoms with Gasteiger partial charge in [-0.1, -0.05) is 15.9 Å². The molecule has 0 radical (unpaired) electrons. The van der Waals surface area contributed by atoms with E-state index < -0.39 is 6.10 Å². The van der Waals surface area contributed by atoms with Crippen LogP contribution >= 0.6 is 31.9 Å². The number of methoxy groups -OCH3 is 1. The van der Waals surface area contributed by atoms with Crippen LogP contribution in [0.2, 0.25) is 0 Å². The molecule has 96 valence electrons. The van der Waals surface area contributed by atoms with Gasteiger partial charge in [-0.2, -0.15) is 0 Å². The Hall–Kier alpha value is -0.780. The molecule has 0 bridgehead atoms. The van der Waals surface area contributed by atoms with Crippen molar-refractivity contribution in [3.63, 3.8) is 0 Å². The van der Waals surface area contributed by atoms with Crippen LogP contribution in [-0.4, -0.2) is 12.2 Å². The van der Waals surface area contributed by atoms with Gasteiger partial charge in [-0.3, -0.25) is 0 Å². The van der Waals surface area contributed by atoms with Gasteiger partial charge in [-0.25, -0.2) is 0 Å². The van der Waals surface area contributed by atoms with Crippen LogP contribution in [0.4, 0.5) is 0 Å². The van der Waals surface area contributed by atoms with Gasteiger partial charge in [0.1, 0.15) is 5.75 Å². The number of ether oxygens (including phenoxy) is 1. The fraction of sp³-hybridized carbons (Fsp3) is 0.231. The molecule has 1 N–H and O–H groups in total. The van der Waals surface area contributed by atoms with E-state index in [0.29, 0.717) is 11.1 Å². The van der Waals surface area contributed by atoms with Crippen molar-refractivity contribution in [2.75, 3.05) is 7.11 Å². The van der Waals surface area contributed by atoms with E-state index in [1.807, 2.05) is 18.2 Å². The number of benzene rings is 1. The lowest BCUT2D eigenvalue weighted by Gasteiger charge is -2.13. The lowest BCUT2D eigenvalue weighted by atomic mass is 10.0. The highest BCUT2D eigenvalue weighted by atomic mass is 79.9. The first-order valence-electron chi connectivity index (χ1n) is 5.35. The van der Waals surface area contributed by atoms with Crippen molar-refractivity contribution in [3.05, 3.63) is 50.8 Å². The first-order chi connectivity index (χ1) is 8.61. The molecule has 2 aromatic rings. The van der Waals surface area contributed by atoms with E-state index in [-0.39, 0.29) is 0 Å². The third-order valence-corrected chi connectivity index (χ3v) is 3.80. The smallest absolute Gasteiger partial charge is 0.174 e. The molecule has 0 saturated heterocycles. The summed E-state index contributed by atoms with van der Waals surface area (Å²) in [5, 5.41) is 10.2. The summed E-state index contributed by atoms with van der Waals surface area (Å²) in [7, 11) is 1.62. The second-order valence-electron chi connectivity index (χ2n) is 3.83. The summed E-state index contributed by atoms with van der Waals surface area (Å²) in [6.07, 6.45) is 1.36. The molecule has 1 heterocycles. The third kappa shape index (κ3) is 2.96. The standard InChI is InChI=1S/C13H12Br2O3/c1-17-12-3-2-9(14)6-8(12)7-11(16)10-4-5-18-13(10)15/h2-6,11,16H,7H2,1H3. The summed E-state index contributed by atoms with van der Waals surface area (Å²) >= 11 is 6.68. The molecule has 0 aliphatic heterocycles. The van der Waals surface area contributed by atoms with Gasteiger partial charge in [0, 0.05) is 16.5 Å². The van der Waals surface area contributed by atoms with Gasteiger partial charge in [-0.05, 0) is 45.8 Å². The Balaban J connectivity index is 2.23. The molecule has 0 fully saturated rings. The number of halogens is 2. The lowest BCUT2D eigenvalue weighted by Crippen LogP contribution is -2.03. The zero-order valence-electron chi connectivity index (χ0n) is 9.69. The fourth-order valence-corrected chi connectivity index (χ4v) is 2.68. The van der Waals surface area contributed by atoms with Crippen LogP contribution < -0.4 is 4.74 Å². The molecule has 3 nitrogen and oxygen atoms in total. The predicted octanol–water partition coefficient (Wildman–Crippen LogP) is 4.09. The van der Waals surface area contributed by atoms with Crippen LogP contribution in [0.1, 0.15) is 17.2 Å². The van der Waals surface area contributed by atoms with E-state index in [4.69, 9.17) is 9.15 Å². The molecule has 0 saturated carbocycles. The zero-order valence-corrected chi connectivity index (χ0v) is 12.9. The quantitative estimate of drug-likeness (QED) is 0.875. The summed E-state index contributed by atoms with van der Waals surface area (Å²) in [6.45, 7) is 0. The molecule has 18 heavy (non-hydrogen) atoms. The molecule has 5 heteroatoms. The van der Waals surface area contributed by atoms with Crippen molar-refractivity contribution >= 4 is 31.9 Å². The number of hydrogen-bond donors (Lipinski definition) is 1. The lowest BCUT2D eigenvalue weighted by molar-refractivity contribution is 0.175. The summed E-state index contributed by atoms with van der Waals surface area (Å²) in [4.78, 5) is 0.